The van der Waals surface area contributed by atoms with Crippen molar-refractivity contribution in [3.63, 3.8) is 0 Å². The molecule has 4 unspecified atom stereocenters. The van der Waals surface area contributed by atoms with Crippen molar-refractivity contribution >= 4 is 0 Å². The van der Waals surface area contributed by atoms with Crippen molar-refractivity contribution in [3.8, 4) is 0 Å². The molecule has 0 aliphatic heterocycles. The van der Waals surface area contributed by atoms with Crippen LogP contribution in [0.5, 0.6) is 0 Å². The fraction of sp³-hybridized carbons (Fsp3) is 1.00. The Morgan fingerprint density at radius 2 is 2.00 bits per heavy atom. The zero-order chi connectivity index (χ0) is 13.2. The van der Waals surface area contributed by atoms with Gasteiger partial charge in [-0.1, -0.05) is 13.3 Å². The summed E-state index contributed by atoms with van der Waals surface area (Å²) in [5, 5.41) is 3.09. The Morgan fingerprint density at radius 3 is 2.50 bits per heavy atom. The van der Waals surface area contributed by atoms with Gasteiger partial charge in [-0.15, -0.1) is 0 Å². The fourth-order valence-corrected chi connectivity index (χ4v) is 3.90. The first-order valence-corrected chi connectivity index (χ1v) is 7.28. The van der Waals surface area contributed by atoms with Gasteiger partial charge in [0.2, 0.25) is 0 Å². The lowest BCUT2D eigenvalue weighted by molar-refractivity contribution is -0.141. The Kier molecular flexibility index (Phi) is 4.57. The van der Waals surface area contributed by atoms with E-state index in [1.807, 2.05) is 6.92 Å². The number of hydrogen-bond acceptors (Lipinski definition) is 1. The van der Waals surface area contributed by atoms with Crippen LogP contribution >= 0.6 is 0 Å². The van der Waals surface area contributed by atoms with Gasteiger partial charge >= 0.3 is 6.18 Å². The monoisotopic (exact) mass is 263 g/mol. The summed E-state index contributed by atoms with van der Waals surface area (Å²) in [5.74, 6) is 2.08. The second-order valence-corrected chi connectivity index (χ2v) is 6.14. The average Bonchev–Trinajstić information content (AvgIpc) is 2.85. The van der Waals surface area contributed by atoms with Crippen LogP contribution in [0.25, 0.3) is 0 Å². The van der Waals surface area contributed by atoms with Gasteiger partial charge in [0.1, 0.15) is 0 Å². The van der Waals surface area contributed by atoms with Crippen molar-refractivity contribution in [1.29, 1.82) is 0 Å². The number of fused-ring (bicyclic) bond motifs is 2. The topological polar surface area (TPSA) is 12.0 Å². The van der Waals surface area contributed by atoms with Gasteiger partial charge in [0.15, 0.2) is 0 Å². The van der Waals surface area contributed by atoms with Crippen LogP contribution in [0.2, 0.25) is 0 Å². The zero-order valence-corrected chi connectivity index (χ0v) is 11.1. The lowest BCUT2D eigenvalue weighted by atomic mass is 9.83. The second-order valence-electron chi connectivity index (χ2n) is 6.14. The highest BCUT2D eigenvalue weighted by Crippen LogP contribution is 2.50. The highest BCUT2D eigenvalue weighted by atomic mass is 19.4. The molecular formula is C14H24F3N. The first kappa shape index (κ1) is 14.2. The average molecular weight is 263 g/mol. The summed E-state index contributed by atoms with van der Waals surface area (Å²) >= 11 is 0. The molecule has 2 rings (SSSR count). The van der Waals surface area contributed by atoms with Gasteiger partial charge in [-0.05, 0) is 56.4 Å². The third kappa shape index (κ3) is 3.87. The van der Waals surface area contributed by atoms with Gasteiger partial charge in [-0.25, -0.2) is 0 Å². The molecule has 0 saturated heterocycles. The minimum absolute atomic E-state index is 0.366. The molecular weight excluding hydrogens is 239 g/mol. The highest BCUT2D eigenvalue weighted by Gasteiger charge is 2.41. The Labute approximate surface area is 108 Å². The van der Waals surface area contributed by atoms with E-state index in [0.717, 1.165) is 18.8 Å². The molecule has 0 amide bonds. The summed E-state index contributed by atoms with van der Waals surface area (Å²) in [6.07, 6.45) is 1.93. The quantitative estimate of drug-likeness (QED) is 0.759. The van der Waals surface area contributed by atoms with Crippen molar-refractivity contribution in [2.75, 3.05) is 6.54 Å². The number of rotatable bonds is 6. The first-order chi connectivity index (χ1) is 8.48. The second kappa shape index (κ2) is 5.81. The van der Waals surface area contributed by atoms with E-state index in [9.17, 15) is 13.2 Å². The van der Waals surface area contributed by atoms with Crippen LogP contribution in [0.1, 0.15) is 51.9 Å². The molecule has 0 spiro atoms. The molecule has 0 aromatic rings. The minimum Gasteiger partial charge on any atom is -0.314 e. The third-order valence-electron chi connectivity index (χ3n) is 4.63. The normalized spacial score (nSPS) is 33.0. The van der Waals surface area contributed by atoms with E-state index in [0.29, 0.717) is 18.4 Å². The predicted octanol–water partition coefficient (Wildman–Crippen LogP) is 4.13. The van der Waals surface area contributed by atoms with Gasteiger partial charge in [-0.3, -0.25) is 0 Å². The van der Waals surface area contributed by atoms with E-state index in [2.05, 4.69) is 5.32 Å². The maximum absolute atomic E-state index is 12.6. The maximum atomic E-state index is 12.6. The SMILES string of the molecule is CCCNC(CC1CC2CCC1C2)CC(F)(F)F. The number of halogens is 3. The fourth-order valence-electron chi connectivity index (χ4n) is 3.90. The molecule has 2 aliphatic carbocycles. The van der Waals surface area contributed by atoms with Crippen molar-refractivity contribution < 1.29 is 13.2 Å². The molecule has 2 fully saturated rings. The van der Waals surface area contributed by atoms with Gasteiger partial charge < -0.3 is 5.32 Å². The lowest BCUT2D eigenvalue weighted by Crippen LogP contribution is -2.36. The van der Waals surface area contributed by atoms with E-state index in [1.165, 1.54) is 25.7 Å². The molecule has 4 atom stereocenters. The zero-order valence-electron chi connectivity index (χ0n) is 11.1. The molecule has 2 bridgehead atoms. The summed E-state index contributed by atoms with van der Waals surface area (Å²) in [6.45, 7) is 2.69. The maximum Gasteiger partial charge on any atom is 0.390 e. The smallest absolute Gasteiger partial charge is 0.314 e. The van der Waals surface area contributed by atoms with Crippen LogP contribution < -0.4 is 5.32 Å². The molecule has 2 aliphatic rings. The van der Waals surface area contributed by atoms with E-state index in [1.54, 1.807) is 0 Å². The summed E-state index contributed by atoms with van der Waals surface area (Å²) in [4.78, 5) is 0. The molecule has 4 heteroatoms. The Morgan fingerprint density at radius 1 is 1.22 bits per heavy atom. The van der Waals surface area contributed by atoms with Crippen LogP contribution in [0.15, 0.2) is 0 Å². The molecule has 0 radical (unpaired) electrons. The van der Waals surface area contributed by atoms with Gasteiger partial charge in [0.25, 0.3) is 0 Å². The van der Waals surface area contributed by atoms with E-state index in [4.69, 9.17) is 0 Å². The van der Waals surface area contributed by atoms with E-state index in [-0.39, 0.29) is 6.04 Å². The molecule has 1 nitrogen and oxygen atoms in total. The molecule has 2 saturated carbocycles. The molecule has 106 valence electrons. The number of alkyl halides is 3. The van der Waals surface area contributed by atoms with Crippen molar-refractivity contribution in [2.45, 2.75) is 64.1 Å². The van der Waals surface area contributed by atoms with Crippen LogP contribution in [0.4, 0.5) is 13.2 Å². The van der Waals surface area contributed by atoms with E-state index >= 15 is 0 Å². The van der Waals surface area contributed by atoms with Gasteiger partial charge in [0.05, 0.1) is 6.42 Å². The van der Waals surface area contributed by atoms with Crippen LogP contribution in [-0.2, 0) is 0 Å². The standard InChI is InChI=1S/C14H24F3N/c1-2-5-18-13(9-14(15,16)17)8-12-7-10-3-4-11(12)6-10/h10-13,18H,2-9H2,1H3. The molecule has 18 heavy (non-hydrogen) atoms. The largest absolute Gasteiger partial charge is 0.390 e. The molecule has 0 aromatic heterocycles. The third-order valence-corrected chi connectivity index (χ3v) is 4.63. The first-order valence-electron chi connectivity index (χ1n) is 7.28. The predicted molar refractivity (Wildman–Crippen MR) is 66.3 cm³/mol. The lowest BCUT2D eigenvalue weighted by Gasteiger charge is -2.28. The minimum atomic E-state index is -4.04. The number of nitrogens with one attached hydrogen (secondary N) is 1. The van der Waals surface area contributed by atoms with Crippen molar-refractivity contribution in [2.24, 2.45) is 17.8 Å². The Balaban J connectivity index is 1.84. The van der Waals surface area contributed by atoms with Crippen molar-refractivity contribution in [3.05, 3.63) is 0 Å². The van der Waals surface area contributed by atoms with Gasteiger partial charge in [0, 0.05) is 6.04 Å². The molecule has 0 aromatic carbocycles. The highest BCUT2D eigenvalue weighted by molar-refractivity contribution is 4.92. The van der Waals surface area contributed by atoms with Crippen LogP contribution in [0, 0.1) is 17.8 Å². The van der Waals surface area contributed by atoms with Crippen LogP contribution in [0.3, 0.4) is 0 Å². The molecule has 0 heterocycles. The summed E-state index contributed by atoms with van der Waals surface area (Å²) in [5.41, 5.74) is 0. The van der Waals surface area contributed by atoms with Crippen molar-refractivity contribution in [1.82, 2.24) is 5.32 Å². The molecule has 1 N–H and O–H groups in total. The summed E-state index contributed by atoms with van der Waals surface area (Å²) in [7, 11) is 0. The summed E-state index contributed by atoms with van der Waals surface area (Å²) in [6, 6.07) is -0.366. The summed E-state index contributed by atoms with van der Waals surface area (Å²) < 4.78 is 37.7. The number of hydrogen-bond donors (Lipinski definition) is 1. The van der Waals surface area contributed by atoms with E-state index < -0.39 is 12.6 Å². The Hall–Kier alpha value is -0.250. The Bertz CT molecular complexity index is 264. The van der Waals surface area contributed by atoms with Crippen LogP contribution in [-0.4, -0.2) is 18.8 Å². The van der Waals surface area contributed by atoms with Gasteiger partial charge in [-0.2, -0.15) is 13.2 Å².